The molecule has 0 saturated heterocycles. The van der Waals surface area contributed by atoms with E-state index in [0.717, 1.165) is 5.56 Å². The van der Waals surface area contributed by atoms with Crippen molar-refractivity contribution in [3.8, 4) is 11.5 Å². The van der Waals surface area contributed by atoms with E-state index in [1.165, 1.54) is 18.2 Å². The molecule has 0 aromatic heterocycles. The van der Waals surface area contributed by atoms with Crippen LogP contribution in [0.4, 0.5) is 0 Å². The molecule has 1 atom stereocenters. The molecule has 0 heterocycles. The second-order valence-corrected chi connectivity index (χ2v) is 4.60. The molecular weight excluding hydrogens is 278 g/mol. The topological polar surface area (TPSA) is 69.6 Å². The number of hydrogen-bond acceptors (Lipinski definition) is 3. The summed E-state index contributed by atoms with van der Waals surface area (Å²) in [5.74, 6) is -0.729. The maximum Gasteiger partial charge on any atom is 0.251 e. The van der Waals surface area contributed by atoms with Crippen molar-refractivity contribution >= 4 is 17.5 Å². The highest BCUT2D eigenvalue weighted by Crippen LogP contribution is 2.25. The number of rotatable bonds is 4. The summed E-state index contributed by atoms with van der Waals surface area (Å²) in [7, 11) is 0. The minimum Gasteiger partial charge on any atom is -0.504 e. The standard InChI is InChI=1S/C15H14ClNO3/c16-9-12(10-4-2-1-3-5-10)17-15(20)11-6-7-13(18)14(19)8-11/h1-8,12,18-19H,9H2,(H,17,20). The maximum absolute atomic E-state index is 12.1. The molecule has 0 aliphatic rings. The van der Waals surface area contributed by atoms with E-state index in [1.807, 2.05) is 30.3 Å². The van der Waals surface area contributed by atoms with Crippen LogP contribution in [-0.2, 0) is 0 Å². The third-order valence-electron chi connectivity index (χ3n) is 2.90. The van der Waals surface area contributed by atoms with Gasteiger partial charge in [0.1, 0.15) is 0 Å². The quantitative estimate of drug-likeness (QED) is 0.599. The largest absolute Gasteiger partial charge is 0.504 e. The second kappa shape index (κ2) is 6.30. The summed E-state index contributed by atoms with van der Waals surface area (Å²) in [5.41, 5.74) is 1.16. The average molecular weight is 292 g/mol. The number of nitrogens with one attached hydrogen (secondary N) is 1. The zero-order valence-corrected chi connectivity index (χ0v) is 11.3. The Morgan fingerprint density at radius 2 is 1.80 bits per heavy atom. The molecule has 0 aliphatic carbocycles. The van der Waals surface area contributed by atoms with Crippen molar-refractivity contribution in [3.63, 3.8) is 0 Å². The zero-order valence-electron chi connectivity index (χ0n) is 10.6. The predicted octanol–water partition coefficient (Wildman–Crippen LogP) is 2.81. The van der Waals surface area contributed by atoms with E-state index in [2.05, 4.69) is 5.32 Å². The number of benzene rings is 2. The average Bonchev–Trinajstić information content (AvgIpc) is 2.48. The molecule has 0 radical (unpaired) electrons. The molecule has 1 amide bonds. The molecule has 0 saturated carbocycles. The highest BCUT2D eigenvalue weighted by molar-refractivity contribution is 6.18. The molecule has 104 valence electrons. The van der Waals surface area contributed by atoms with Crippen molar-refractivity contribution in [1.82, 2.24) is 5.32 Å². The van der Waals surface area contributed by atoms with Gasteiger partial charge in [0.2, 0.25) is 0 Å². The van der Waals surface area contributed by atoms with Crippen molar-refractivity contribution in [2.24, 2.45) is 0 Å². The minimum atomic E-state index is -0.366. The SMILES string of the molecule is O=C(NC(CCl)c1ccccc1)c1ccc(O)c(O)c1. The summed E-state index contributed by atoms with van der Waals surface area (Å²) in [6.45, 7) is 0. The monoisotopic (exact) mass is 291 g/mol. The Bertz CT molecular complexity index is 601. The van der Waals surface area contributed by atoms with Crippen LogP contribution in [0.15, 0.2) is 48.5 Å². The van der Waals surface area contributed by atoms with Crippen molar-refractivity contribution in [1.29, 1.82) is 0 Å². The summed E-state index contributed by atoms with van der Waals surface area (Å²) < 4.78 is 0. The van der Waals surface area contributed by atoms with E-state index < -0.39 is 0 Å². The van der Waals surface area contributed by atoms with Gasteiger partial charge < -0.3 is 15.5 Å². The van der Waals surface area contributed by atoms with Gasteiger partial charge in [-0.3, -0.25) is 4.79 Å². The van der Waals surface area contributed by atoms with Crippen LogP contribution in [0.2, 0.25) is 0 Å². The lowest BCUT2D eigenvalue weighted by molar-refractivity contribution is 0.0940. The lowest BCUT2D eigenvalue weighted by atomic mass is 10.1. The van der Waals surface area contributed by atoms with Crippen LogP contribution in [0.25, 0.3) is 0 Å². The molecule has 5 heteroatoms. The highest BCUT2D eigenvalue weighted by atomic mass is 35.5. The lowest BCUT2D eigenvalue weighted by Gasteiger charge is -2.16. The first-order valence-corrected chi connectivity index (χ1v) is 6.59. The predicted molar refractivity (Wildman–Crippen MR) is 77.1 cm³/mol. The van der Waals surface area contributed by atoms with E-state index in [9.17, 15) is 15.0 Å². The number of amides is 1. The fourth-order valence-electron chi connectivity index (χ4n) is 1.80. The molecule has 4 nitrogen and oxygen atoms in total. The first kappa shape index (κ1) is 14.2. The van der Waals surface area contributed by atoms with Gasteiger partial charge in [-0.25, -0.2) is 0 Å². The number of phenols is 2. The Labute approximate surface area is 121 Å². The Morgan fingerprint density at radius 3 is 2.40 bits per heavy atom. The van der Waals surface area contributed by atoms with E-state index in [0.29, 0.717) is 0 Å². The first-order chi connectivity index (χ1) is 9.61. The molecule has 3 N–H and O–H groups in total. The van der Waals surface area contributed by atoms with Crippen molar-refractivity contribution in [3.05, 3.63) is 59.7 Å². The molecule has 0 fully saturated rings. The van der Waals surface area contributed by atoms with Crippen LogP contribution in [0, 0.1) is 0 Å². The van der Waals surface area contributed by atoms with Gasteiger partial charge in [-0.2, -0.15) is 0 Å². The number of alkyl halides is 1. The number of halogens is 1. The van der Waals surface area contributed by atoms with E-state index in [1.54, 1.807) is 0 Å². The Morgan fingerprint density at radius 1 is 1.10 bits per heavy atom. The van der Waals surface area contributed by atoms with Crippen LogP contribution in [-0.4, -0.2) is 22.0 Å². The van der Waals surface area contributed by atoms with Gasteiger partial charge in [0.25, 0.3) is 5.91 Å². The summed E-state index contributed by atoms with van der Waals surface area (Å²) in [6.07, 6.45) is 0. The lowest BCUT2D eigenvalue weighted by Crippen LogP contribution is -2.29. The molecule has 0 bridgehead atoms. The Hall–Kier alpha value is -2.20. The molecule has 2 aromatic rings. The Balaban J connectivity index is 2.15. The molecule has 1 unspecified atom stereocenters. The summed E-state index contributed by atoms with van der Waals surface area (Å²) >= 11 is 5.89. The summed E-state index contributed by atoms with van der Waals surface area (Å²) in [6, 6.07) is 13.0. The first-order valence-electron chi connectivity index (χ1n) is 6.05. The fraction of sp³-hybridized carbons (Fsp3) is 0.133. The van der Waals surface area contributed by atoms with Gasteiger partial charge in [0.05, 0.1) is 6.04 Å². The number of hydrogen-bond donors (Lipinski definition) is 3. The van der Waals surface area contributed by atoms with Crippen LogP contribution in [0.1, 0.15) is 22.0 Å². The number of aromatic hydroxyl groups is 2. The second-order valence-electron chi connectivity index (χ2n) is 4.29. The van der Waals surface area contributed by atoms with Gasteiger partial charge in [-0.1, -0.05) is 30.3 Å². The summed E-state index contributed by atoms with van der Waals surface area (Å²) in [4.78, 5) is 12.1. The van der Waals surface area contributed by atoms with Crippen LogP contribution in [0.5, 0.6) is 11.5 Å². The van der Waals surface area contributed by atoms with Gasteiger partial charge in [-0.05, 0) is 23.8 Å². The fourth-order valence-corrected chi connectivity index (χ4v) is 2.06. The smallest absolute Gasteiger partial charge is 0.251 e. The van der Waals surface area contributed by atoms with Gasteiger partial charge in [-0.15, -0.1) is 11.6 Å². The van der Waals surface area contributed by atoms with Crippen molar-refractivity contribution in [2.45, 2.75) is 6.04 Å². The Kier molecular flexibility index (Phi) is 4.48. The van der Waals surface area contributed by atoms with E-state index in [-0.39, 0.29) is 34.9 Å². The molecule has 20 heavy (non-hydrogen) atoms. The van der Waals surface area contributed by atoms with Gasteiger partial charge in [0, 0.05) is 11.4 Å². The zero-order chi connectivity index (χ0) is 14.5. The number of carbonyl (C=O) groups excluding carboxylic acids is 1. The number of phenolic OH excluding ortho intramolecular Hbond substituents is 2. The van der Waals surface area contributed by atoms with E-state index in [4.69, 9.17) is 11.6 Å². The van der Waals surface area contributed by atoms with E-state index >= 15 is 0 Å². The van der Waals surface area contributed by atoms with Gasteiger partial charge in [0.15, 0.2) is 11.5 Å². The van der Waals surface area contributed by atoms with Crippen LogP contribution >= 0.6 is 11.6 Å². The molecule has 0 aliphatic heterocycles. The van der Waals surface area contributed by atoms with Crippen molar-refractivity contribution < 1.29 is 15.0 Å². The van der Waals surface area contributed by atoms with Crippen LogP contribution < -0.4 is 5.32 Å². The third-order valence-corrected chi connectivity index (χ3v) is 3.21. The summed E-state index contributed by atoms with van der Waals surface area (Å²) in [5, 5.41) is 21.4. The molecule has 2 rings (SSSR count). The highest BCUT2D eigenvalue weighted by Gasteiger charge is 2.15. The third kappa shape index (κ3) is 3.22. The van der Waals surface area contributed by atoms with Crippen molar-refractivity contribution in [2.75, 3.05) is 5.88 Å². The van der Waals surface area contributed by atoms with Crippen LogP contribution in [0.3, 0.4) is 0 Å². The molecular formula is C15H14ClNO3. The maximum atomic E-state index is 12.1. The molecule has 2 aromatic carbocycles. The number of carbonyl (C=O) groups is 1. The van der Waals surface area contributed by atoms with Gasteiger partial charge >= 0.3 is 0 Å². The normalized spacial score (nSPS) is 11.8. The molecule has 0 spiro atoms. The minimum absolute atomic E-state index is 0.236.